The number of carbonyl (C=O) groups is 1. The van der Waals surface area contributed by atoms with Crippen molar-refractivity contribution in [1.82, 2.24) is 4.31 Å². The summed E-state index contributed by atoms with van der Waals surface area (Å²) >= 11 is 0. The lowest BCUT2D eigenvalue weighted by atomic mass is 10.1. The first-order chi connectivity index (χ1) is 10.8. The number of aliphatic hydroxyl groups is 1. The lowest BCUT2D eigenvalue weighted by Crippen LogP contribution is -2.39. The molecule has 1 aromatic carbocycles. The molecule has 0 aliphatic heterocycles. The van der Waals surface area contributed by atoms with E-state index in [0.717, 1.165) is 0 Å². The minimum atomic E-state index is -3.87. The SMILES string of the molecule is CCN(C(C)CCO)S(=O)(=O)c1cc(CC(=O)O)ccc1OC. The summed E-state index contributed by atoms with van der Waals surface area (Å²) in [6, 6.07) is 3.92. The fourth-order valence-electron chi connectivity index (χ4n) is 2.38. The largest absolute Gasteiger partial charge is 0.495 e. The molecular formula is C15H23NO6S. The van der Waals surface area contributed by atoms with Crippen molar-refractivity contribution in [1.29, 1.82) is 0 Å². The van der Waals surface area contributed by atoms with Crippen LogP contribution in [0.15, 0.2) is 23.1 Å². The van der Waals surface area contributed by atoms with Gasteiger partial charge in [-0.1, -0.05) is 13.0 Å². The van der Waals surface area contributed by atoms with E-state index in [1.54, 1.807) is 13.8 Å². The van der Waals surface area contributed by atoms with Crippen molar-refractivity contribution in [3.8, 4) is 5.75 Å². The molecule has 1 rings (SSSR count). The summed E-state index contributed by atoms with van der Waals surface area (Å²) in [7, 11) is -2.51. The quantitative estimate of drug-likeness (QED) is 0.695. The molecule has 0 radical (unpaired) electrons. The zero-order chi connectivity index (χ0) is 17.6. The first-order valence-corrected chi connectivity index (χ1v) is 8.73. The van der Waals surface area contributed by atoms with Gasteiger partial charge in [0.25, 0.3) is 0 Å². The second-order valence-corrected chi connectivity index (χ2v) is 6.98. The predicted molar refractivity (Wildman–Crippen MR) is 85.1 cm³/mol. The van der Waals surface area contributed by atoms with Gasteiger partial charge in [0.1, 0.15) is 10.6 Å². The van der Waals surface area contributed by atoms with Gasteiger partial charge in [-0.15, -0.1) is 0 Å². The highest BCUT2D eigenvalue weighted by molar-refractivity contribution is 7.89. The van der Waals surface area contributed by atoms with Gasteiger partial charge in [0.05, 0.1) is 13.5 Å². The number of rotatable bonds is 9. The van der Waals surface area contributed by atoms with Gasteiger partial charge < -0.3 is 14.9 Å². The Kier molecular flexibility index (Phi) is 6.99. The van der Waals surface area contributed by atoms with Gasteiger partial charge in [0.15, 0.2) is 0 Å². The third-order valence-corrected chi connectivity index (χ3v) is 5.63. The van der Waals surface area contributed by atoms with Crippen LogP contribution in [0.4, 0.5) is 0 Å². The van der Waals surface area contributed by atoms with E-state index in [9.17, 15) is 13.2 Å². The molecule has 0 aliphatic rings. The van der Waals surface area contributed by atoms with Crippen LogP contribution in [0.3, 0.4) is 0 Å². The van der Waals surface area contributed by atoms with E-state index in [2.05, 4.69) is 0 Å². The number of nitrogens with zero attached hydrogens (tertiary/aromatic N) is 1. The number of hydrogen-bond acceptors (Lipinski definition) is 5. The number of carboxylic acids is 1. The molecule has 23 heavy (non-hydrogen) atoms. The number of aliphatic hydroxyl groups excluding tert-OH is 1. The molecule has 0 aromatic heterocycles. The molecule has 0 saturated carbocycles. The molecule has 0 spiro atoms. The molecule has 7 nitrogen and oxygen atoms in total. The zero-order valence-electron chi connectivity index (χ0n) is 13.5. The number of hydrogen-bond donors (Lipinski definition) is 2. The lowest BCUT2D eigenvalue weighted by molar-refractivity contribution is -0.136. The number of aliphatic carboxylic acids is 1. The zero-order valence-corrected chi connectivity index (χ0v) is 14.3. The van der Waals surface area contributed by atoms with Gasteiger partial charge in [-0.2, -0.15) is 4.31 Å². The second kappa shape index (κ2) is 8.28. The van der Waals surface area contributed by atoms with Crippen molar-refractivity contribution in [3.63, 3.8) is 0 Å². The third kappa shape index (κ3) is 4.66. The number of sulfonamides is 1. The van der Waals surface area contributed by atoms with Gasteiger partial charge in [-0.3, -0.25) is 4.79 Å². The van der Waals surface area contributed by atoms with Crippen LogP contribution >= 0.6 is 0 Å². The molecule has 130 valence electrons. The Morgan fingerprint density at radius 3 is 2.52 bits per heavy atom. The average Bonchev–Trinajstić information content (AvgIpc) is 2.47. The van der Waals surface area contributed by atoms with Crippen LogP contribution in [0.5, 0.6) is 5.75 Å². The number of methoxy groups -OCH3 is 1. The highest BCUT2D eigenvalue weighted by atomic mass is 32.2. The molecule has 0 aliphatic carbocycles. The van der Waals surface area contributed by atoms with E-state index in [-0.39, 0.29) is 36.3 Å². The molecule has 0 amide bonds. The smallest absolute Gasteiger partial charge is 0.307 e. The van der Waals surface area contributed by atoms with Gasteiger partial charge >= 0.3 is 5.97 Å². The summed E-state index contributed by atoms with van der Waals surface area (Å²) in [5.41, 5.74) is 0.378. The fourth-order valence-corrected chi connectivity index (χ4v) is 4.26. The summed E-state index contributed by atoms with van der Waals surface area (Å²) in [6.07, 6.45) is 0.0367. The highest BCUT2D eigenvalue weighted by Crippen LogP contribution is 2.29. The molecule has 8 heteroatoms. The van der Waals surface area contributed by atoms with Crippen LogP contribution in [0.25, 0.3) is 0 Å². The molecule has 1 aromatic rings. The molecule has 0 fully saturated rings. The Balaban J connectivity index is 3.36. The Bertz CT molecular complexity index is 643. The second-order valence-electron chi connectivity index (χ2n) is 5.13. The van der Waals surface area contributed by atoms with Gasteiger partial charge in [0, 0.05) is 19.2 Å². The van der Waals surface area contributed by atoms with Crippen LogP contribution in [0.1, 0.15) is 25.8 Å². The first kappa shape index (κ1) is 19.4. The standard InChI is InChI=1S/C15H23NO6S/c1-4-16(11(2)7-8-17)23(20,21)14-9-12(10-15(18)19)5-6-13(14)22-3/h5-6,9,11,17H,4,7-8,10H2,1-3H3,(H,18,19). The summed E-state index contributed by atoms with van der Waals surface area (Å²) in [5, 5.41) is 17.9. The van der Waals surface area contributed by atoms with E-state index < -0.39 is 16.0 Å². The van der Waals surface area contributed by atoms with Crippen molar-refractivity contribution in [2.45, 2.75) is 37.6 Å². The molecule has 1 unspecified atom stereocenters. The van der Waals surface area contributed by atoms with Crippen LogP contribution in [-0.4, -0.2) is 55.2 Å². The average molecular weight is 345 g/mol. The van der Waals surface area contributed by atoms with E-state index in [0.29, 0.717) is 12.0 Å². The number of benzene rings is 1. The van der Waals surface area contributed by atoms with Crippen LogP contribution in [-0.2, 0) is 21.2 Å². The Morgan fingerprint density at radius 2 is 2.04 bits per heavy atom. The number of carboxylic acid groups (broad SMARTS) is 1. The summed E-state index contributed by atoms with van der Waals surface area (Å²) in [4.78, 5) is 10.8. The monoisotopic (exact) mass is 345 g/mol. The van der Waals surface area contributed by atoms with E-state index in [4.69, 9.17) is 14.9 Å². The molecular weight excluding hydrogens is 322 g/mol. The van der Waals surface area contributed by atoms with Crippen molar-refractivity contribution in [2.75, 3.05) is 20.3 Å². The Labute approximate surface area is 136 Å². The normalized spacial score (nSPS) is 13.1. The van der Waals surface area contributed by atoms with E-state index >= 15 is 0 Å². The van der Waals surface area contributed by atoms with Gasteiger partial charge in [-0.05, 0) is 31.0 Å². The summed E-state index contributed by atoms with van der Waals surface area (Å²) < 4.78 is 32.2. The van der Waals surface area contributed by atoms with Crippen LogP contribution in [0, 0.1) is 0 Å². The van der Waals surface area contributed by atoms with E-state index in [1.165, 1.54) is 29.6 Å². The fraction of sp³-hybridized carbons (Fsp3) is 0.533. The number of ether oxygens (including phenoxy) is 1. The maximum Gasteiger partial charge on any atom is 0.307 e. The molecule has 1 atom stereocenters. The lowest BCUT2D eigenvalue weighted by Gasteiger charge is -2.27. The Hall–Kier alpha value is -1.64. The molecule has 0 heterocycles. The maximum absolute atomic E-state index is 12.9. The summed E-state index contributed by atoms with van der Waals surface area (Å²) in [5.74, 6) is -0.881. The van der Waals surface area contributed by atoms with Gasteiger partial charge in [-0.25, -0.2) is 8.42 Å². The third-order valence-electron chi connectivity index (χ3n) is 3.52. The van der Waals surface area contributed by atoms with Crippen LogP contribution < -0.4 is 4.74 Å². The molecule has 0 saturated heterocycles. The molecule has 2 N–H and O–H groups in total. The van der Waals surface area contributed by atoms with Crippen molar-refractivity contribution in [3.05, 3.63) is 23.8 Å². The maximum atomic E-state index is 12.9. The van der Waals surface area contributed by atoms with Crippen LogP contribution in [0.2, 0.25) is 0 Å². The first-order valence-electron chi connectivity index (χ1n) is 7.29. The molecule has 0 bridgehead atoms. The topological polar surface area (TPSA) is 104 Å². The van der Waals surface area contributed by atoms with Gasteiger partial charge in [0.2, 0.25) is 10.0 Å². The summed E-state index contributed by atoms with van der Waals surface area (Å²) in [6.45, 7) is 3.53. The highest BCUT2D eigenvalue weighted by Gasteiger charge is 2.30. The predicted octanol–water partition coefficient (Wildman–Crippen LogP) is 1.10. The Morgan fingerprint density at radius 1 is 1.39 bits per heavy atom. The van der Waals surface area contributed by atoms with Crippen molar-refractivity contribution >= 4 is 16.0 Å². The van der Waals surface area contributed by atoms with Crippen molar-refractivity contribution < 1.29 is 28.2 Å². The minimum Gasteiger partial charge on any atom is -0.495 e. The van der Waals surface area contributed by atoms with E-state index in [1.807, 2.05) is 0 Å². The minimum absolute atomic E-state index is 0.0645. The van der Waals surface area contributed by atoms with Crippen molar-refractivity contribution in [2.24, 2.45) is 0 Å².